The average molecular weight is 435 g/mol. The van der Waals surface area contributed by atoms with Crippen LogP contribution in [0, 0.1) is 5.92 Å². The molecule has 0 atom stereocenters. The summed E-state index contributed by atoms with van der Waals surface area (Å²) >= 11 is 0. The Balaban J connectivity index is 1.50. The monoisotopic (exact) mass is 434 g/mol. The normalized spacial score (nSPS) is 18.7. The van der Waals surface area contributed by atoms with Crippen molar-refractivity contribution >= 4 is 5.69 Å². The summed E-state index contributed by atoms with van der Waals surface area (Å²) in [5.41, 5.74) is 4.18. The van der Waals surface area contributed by atoms with Crippen LogP contribution in [0.2, 0.25) is 0 Å². The standard InChI is InChI=1S/C26H34N4O2/c1-18(2)15-30-17-21(22-14-27-29(3)16-22)13-25(26(30)31)28-23-9-5-19(6-10-23)20-7-11-24(32-4)12-8-20/h7-8,11-14,16-19,23,28H,5-6,9-10,15H2,1-4H3. The molecule has 170 valence electrons. The number of pyridine rings is 1. The number of aromatic nitrogens is 3. The molecule has 0 saturated heterocycles. The number of benzene rings is 1. The van der Waals surface area contributed by atoms with Gasteiger partial charge in [0, 0.05) is 43.2 Å². The molecule has 2 heterocycles. The summed E-state index contributed by atoms with van der Waals surface area (Å²) in [6.07, 6.45) is 10.1. The number of nitrogens with one attached hydrogen (secondary N) is 1. The van der Waals surface area contributed by atoms with Crippen molar-refractivity contribution in [3.8, 4) is 16.9 Å². The average Bonchev–Trinajstić information content (AvgIpc) is 3.23. The highest BCUT2D eigenvalue weighted by Gasteiger charge is 2.23. The lowest BCUT2D eigenvalue weighted by molar-refractivity contribution is 0.406. The first-order chi connectivity index (χ1) is 15.4. The summed E-state index contributed by atoms with van der Waals surface area (Å²) in [6, 6.07) is 10.7. The molecular weight excluding hydrogens is 400 g/mol. The van der Waals surface area contributed by atoms with Gasteiger partial charge in [-0.1, -0.05) is 26.0 Å². The van der Waals surface area contributed by atoms with Gasteiger partial charge in [-0.2, -0.15) is 5.10 Å². The highest BCUT2D eigenvalue weighted by atomic mass is 16.5. The molecule has 6 heteroatoms. The number of ether oxygens (including phenoxy) is 1. The maximum Gasteiger partial charge on any atom is 0.273 e. The van der Waals surface area contributed by atoms with Crippen LogP contribution in [0.3, 0.4) is 0 Å². The van der Waals surface area contributed by atoms with Gasteiger partial charge in [-0.25, -0.2) is 0 Å². The molecule has 1 aliphatic carbocycles. The van der Waals surface area contributed by atoms with Crippen molar-refractivity contribution in [2.75, 3.05) is 12.4 Å². The van der Waals surface area contributed by atoms with Crippen LogP contribution in [-0.4, -0.2) is 27.5 Å². The Bertz CT molecular complexity index is 1090. The number of hydrogen-bond donors (Lipinski definition) is 1. The largest absolute Gasteiger partial charge is 0.497 e. The lowest BCUT2D eigenvalue weighted by Gasteiger charge is -2.30. The quantitative estimate of drug-likeness (QED) is 0.565. The smallest absolute Gasteiger partial charge is 0.273 e. The Morgan fingerprint density at radius 2 is 1.81 bits per heavy atom. The van der Waals surface area contributed by atoms with Crippen molar-refractivity contribution in [3.63, 3.8) is 0 Å². The highest BCUT2D eigenvalue weighted by molar-refractivity contribution is 5.65. The molecular formula is C26H34N4O2. The van der Waals surface area contributed by atoms with Crippen LogP contribution >= 0.6 is 0 Å². The molecule has 0 aliphatic heterocycles. The molecule has 4 rings (SSSR count). The molecule has 0 spiro atoms. The van der Waals surface area contributed by atoms with Gasteiger partial charge in [-0.15, -0.1) is 0 Å². The number of hydrogen-bond acceptors (Lipinski definition) is 4. The van der Waals surface area contributed by atoms with E-state index in [9.17, 15) is 4.79 Å². The van der Waals surface area contributed by atoms with E-state index in [0.717, 1.165) is 42.6 Å². The third-order valence-corrected chi connectivity index (χ3v) is 6.36. The molecule has 0 radical (unpaired) electrons. The Kier molecular flexibility index (Phi) is 6.68. The molecule has 3 aromatic rings. The second-order valence-corrected chi connectivity index (χ2v) is 9.36. The molecule has 6 nitrogen and oxygen atoms in total. The molecule has 0 bridgehead atoms. The third-order valence-electron chi connectivity index (χ3n) is 6.36. The molecule has 1 saturated carbocycles. The van der Waals surface area contributed by atoms with Crippen molar-refractivity contribution in [1.82, 2.24) is 14.3 Å². The predicted molar refractivity (Wildman–Crippen MR) is 129 cm³/mol. The van der Waals surface area contributed by atoms with Gasteiger partial charge in [-0.3, -0.25) is 9.48 Å². The maximum atomic E-state index is 13.2. The Labute approximate surface area is 190 Å². The van der Waals surface area contributed by atoms with E-state index in [1.165, 1.54) is 5.56 Å². The minimum Gasteiger partial charge on any atom is -0.497 e. The SMILES string of the molecule is COc1ccc(C2CCC(Nc3cc(-c4cnn(C)c4)cn(CC(C)C)c3=O)CC2)cc1. The van der Waals surface area contributed by atoms with E-state index >= 15 is 0 Å². The van der Waals surface area contributed by atoms with Crippen LogP contribution in [0.1, 0.15) is 51.0 Å². The second-order valence-electron chi connectivity index (χ2n) is 9.36. The van der Waals surface area contributed by atoms with E-state index < -0.39 is 0 Å². The van der Waals surface area contributed by atoms with Crippen LogP contribution in [0.5, 0.6) is 5.75 Å². The van der Waals surface area contributed by atoms with Gasteiger partial charge in [0.15, 0.2) is 0 Å². The zero-order valence-electron chi connectivity index (χ0n) is 19.5. The Morgan fingerprint density at radius 1 is 1.09 bits per heavy atom. The van der Waals surface area contributed by atoms with Gasteiger partial charge in [0.1, 0.15) is 11.4 Å². The van der Waals surface area contributed by atoms with Gasteiger partial charge >= 0.3 is 0 Å². The van der Waals surface area contributed by atoms with Crippen molar-refractivity contribution in [3.05, 3.63) is 64.8 Å². The molecule has 2 aromatic heterocycles. The summed E-state index contributed by atoms with van der Waals surface area (Å²) in [4.78, 5) is 13.2. The maximum absolute atomic E-state index is 13.2. The lowest BCUT2D eigenvalue weighted by atomic mass is 9.81. The fourth-order valence-electron chi connectivity index (χ4n) is 4.66. The topological polar surface area (TPSA) is 61.1 Å². The van der Waals surface area contributed by atoms with E-state index in [2.05, 4.69) is 36.4 Å². The second kappa shape index (κ2) is 9.63. The molecule has 1 aromatic carbocycles. The summed E-state index contributed by atoms with van der Waals surface area (Å²) in [5.74, 6) is 1.86. The Hall–Kier alpha value is -3.02. The lowest BCUT2D eigenvalue weighted by Crippen LogP contribution is -2.31. The van der Waals surface area contributed by atoms with Crippen LogP contribution in [0.15, 0.2) is 53.7 Å². The predicted octanol–water partition coefficient (Wildman–Crippen LogP) is 5.05. The minimum atomic E-state index is 0.0589. The van der Waals surface area contributed by atoms with Crippen molar-refractivity contribution < 1.29 is 4.74 Å². The van der Waals surface area contributed by atoms with Crippen LogP contribution in [0.4, 0.5) is 5.69 Å². The number of nitrogens with zero attached hydrogens (tertiary/aromatic N) is 3. The number of anilines is 1. The van der Waals surface area contributed by atoms with E-state index in [0.29, 0.717) is 30.1 Å². The number of methoxy groups -OCH3 is 1. The van der Waals surface area contributed by atoms with Crippen molar-refractivity contribution in [1.29, 1.82) is 0 Å². The molecule has 1 N–H and O–H groups in total. The van der Waals surface area contributed by atoms with E-state index in [4.69, 9.17) is 4.74 Å². The summed E-state index contributed by atoms with van der Waals surface area (Å²) < 4.78 is 8.92. The number of rotatable bonds is 7. The fourth-order valence-corrected chi connectivity index (χ4v) is 4.66. The molecule has 0 unspecified atom stereocenters. The third kappa shape index (κ3) is 5.06. The first kappa shape index (κ1) is 22.2. The van der Waals surface area contributed by atoms with Gasteiger partial charge < -0.3 is 14.6 Å². The van der Waals surface area contributed by atoms with E-state index in [1.54, 1.807) is 11.8 Å². The zero-order valence-corrected chi connectivity index (χ0v) is 19.5. The molecule has 1 fully saturated rings. The van der Waals surface area contributed by atoms with E-state index in [1.807, 2.05) is 48.4 Å². The summed E-state index contributed by atoms with van der Waals surface area (Å²) in [7, 11) is 3.61. The van der Waals surface area contributed by atoms with Gasteiger partial charge in [0.05, 0.1) is 13.3 Å². The van der Waals surface area contributed by atoms with Gasteiger partial charge in [-0.05, 0) is 61.3 Å². The van der Waals surface area contributed by atoms with Gasteiger partial charge in [0.2, 0.25) is 0 Å². The summed E-state index contributed by atoms with van der Waals surface area (Å²) in [6.45, 7) is 4.97. The zero-order chi connectivity index (χ0) is 22.7. The van der Waals surface area contributed by atoms with Crippen LogP contribution < -0.4 is 15.6 Å². The van der Waals surface area contributed by atoms with Crippen molar-refractivity contribution in [2.45, 2.75) is 58.0 Å². The molecule has 0 amide bonds. The molecule has 32 heavy (non-hydrogen) atoms. The minimum absolute atomic E-state index is 0.0589. The highest BCUT2D eigenvalue weighted by Crippen LogP contribution is 2.34. The molecule has 1 aliphatic rings. The fraction of sp³-hybridized carbons (Fsp3) is 0.462. The summed E-state index contributed by atoms with van der Waals surface area (Å²) in [5, 5.41) is 7.89. The van der Waals surface area contributed by atoms with Crippen LogP contribution in [0.25, 0.3) is 11.1 Å². The Morgan fingerprint density at radius 3 is 2.41 bits per heavy atom. The van der Waals surface area contributed by atoms with E-state index in [-0.39, 0.29) is 5.56 Å². The first-order valence-corrected chi connectivity index (χ1v) is 11.6. The van der Waals surface area contributed by atoms with Crippen molar-refractivity contribution in [2.24, 2.45) is 13.0 Å². The number of aryl methyl sites for hydroxylation is 1. The van der Waals surface area contributed by atoms with Crippen LogP contribution in [-0.2, 0) is 13.6 Å². The first-order valence-electron chi connectivity index (χ1n) is 11.6. The van der Waals surface area contributed by atoms with Gasteiger partial charge in [0.25, 0.3) is 5.56 Å².